The first-order valence-corrected chi connectivity index (χ1v) is 13.1. The molecule has 2 atom stereocenters. The minimum Gasteiger partial charge on any atom is -0.462 e. The third-order valence-corrected chi connectivity index (χ3v) is 10.5. The maximum atomic E-state index is 12.3. The highest BCUT2D eigenvalue weighted by Gasteiger charge is 2.50. The smallest absolute Gasteiger partial charge is 0.306 e. The molecule has 0 aliphatic carbocycles. The van der Waals surface area contributed by atoms with Crippen molar-refractivity contribution in [3.63, 3.8) is 0 Å². The number of benzene rings is 2. The van der Waals surface area contributed by atoms with Gasteiger partial charge in [-0.25, -0.2) is 0 Å². The molecule has 0 N–H and O–H groups in total. The lowest BCUT2D eigenvalue weighted by Crippen LogP contribution is -2.44. The molecule has 3 rings (SSSR count). The molecule has 2 aromatic rings. The maximum absolute atomic E-state index is 12.3. The number of hydrogen-bond acceptors (Lipinski definition) is 2. The van der Waals surface area contributed by atoms with E-state index in [1.54, 1.807) is 0 Å². The van der Waals surface area contributed by atoms with Gasteiger partial charge in [-0.15, -0.1) is 0 Å². The monoisotopic (exact) mass is 380 g/mol. The number of rotatable bonds is 5. The van der Waals surface area contributed by atoms with E-state index in [1.807, 2.05) is 0 Å². The van der Waals surface area contributed by atoms with Crippen molar-refractivity contribution in [2.24, 2.45) is 5.41 Å². The Morgan fingerprint density at radius 2 is 1.44 bits per heavy atom. The van der Waals surface area contributed by atoms with Gasteiger partial charge in [0.05, 0.1) is 8.07 Å². The van der Waals surface area contributed by atoms with E-state index in [1.165, 1.54) is 11.1 Å². The normalized spacial score (nSPS) is 20.7. The molecule has 27 heavy (non-hydrogen) atoms. The van der Waals surface area contributed by atoms with Gasteiger partial charge in [-0.05, 0) is 23.0 Å². The first-order valence-electron chi connectivity index (χ1n) is 9.98. The summed E-state index contributed by atoms with van der Waals surface area (Å²) in [5.41, 5.74) is 3.53. The molecule has 144 valence electrons. The Bertz CT molecular complexity index is 722. The molecule has 0 spiro atoms. The quantitative estimate of drug-likeness (QED) is 0.457. The van der Waals surface area contributed by atoms with Crippen LogP contribution in [0.25, 0.3) is 0 Å². The van der Waals surface area contributed by atoms with Crippen LogP contribution in [0.2, 0.25) is 18.6 Å². The minimum atomic E-state index is -1.93. The van der Waals surface area contributed by atoms with Gasteiger partial charge < -0.3 is 4.74 Å². The summed E-state index contributed by atoms with van der Waals surface area (Å²) in [6.45, 7) is 11.6. The molecule has 1 aliphatic rings. The zero-order valence-corrected chi connectivity index (χ0v) is 18.2. The fourth-order valence-corrected chi connectivity index (χ4v) is 9.06. The summed E-state index contributed by atoms with van der Waals surface area (Å²) in [5.74, 6) is -0.0188. The highest BCUT2D eigenvalue weighted by atomic mass is 28.3. The molecule has 0 saturated carbocycles. The van der Waals surface area contributed by atoms with Crippen LogP contribution in [0.4, 0.5) is 0 Å². The molecule has 3 heteroatoms. The molecule has 1 heterocycles. The molecule has 1 fully saturated rings. The summed E-state index contributed by atoms with van der Waals surface area (Å²) in [4.78, 5) is 12.3. The molecule has 0 aromatic heterocycles. The van der Waals surface area contributed by atoms with Gasteiger partial charge in [-0.1, -0.05) is 94.5 Å². The lowest BCUT2D eigenvalue weighted by molar-refractivity contribution is -0.142. The number of esters is 1. The van der Waals surface area contributed by atoms with Crippen molar-refractivity contribution in [2.75, 3.05) is 0 Å². The summed E-state index contributed by atoms with van der Waals surface area (Å²) in [6, 6.07) is 21.6. The summed E-state index contributed by atoms with van der Waals surface area (Å²) in [7, 11) is -1.93. The molecule has 1 saturated heterocycles. The van der Waals surface area contributed by atoms with Crippen molar-refractivity contribution in [3.05, 3.63) is 71.8 Å². The Morgan fingerprint density at radius 3 is 1.89 bits per heavy atom. The van der Waals surface area contributed by atoms with Gasteiger partial charge in [0.2, 0.25) is 0 Å². The number of carbonyl (C=O) groups excluding carboxylic acids is 1. The Kier molecular flexibility index (Phi) is 5.62. The molecular weight excluding hydrogens is 348 g/mol. The fraction of sp³-hybridized carbons (Fsp3) is 0.458. The van der Waals surface area contributed by atoms with Gasteiger partial charge in [-0.2, -0.15) is 0 Å². The Hall–Kier alpha value is -1.87. The Balaban J connectivity index is 2.03. The molecule has 0 radical (unpaired) electrons. The van der Waals surface area contributed by atoms with Crippen LogP contribution < -0.4 is 0 Å². The largest absolute Gasteiger partial charge is 0.462 e. The van der Waals surface area contributed by atoms with Crippen molar-refractivity contribution < 1.29 is 9.53 Å². The van der Waals surface area contributed by atoms with E-state index < -0.39 is 8.07 Å². The minimum absolute atomic E-state index is 0.0188. The molecule has 1 aliphatic heterocycles. The van der Waals surface area contributed by atoms with Gasteiger partial charge in [0.15, 0.2) is 0 Å². The molecule has 0 amide bonds. The second-order valence-electron chi connectivity index (χ2n) is 9.68. The van der Waals surface area contributed by atoms with Gasteiger partial charge >= 0.3 is 5.97 Å². The highest BCUT2D eigenvalue weighted by molar-refractivity contribution is 6.81. The van der Waals surface area contributed by atoms with Crippen LogP contribution >= 0.6 is 0 Å². The van der Waals surface area contributed by atoms with E-state index in [-0.39, 0.29) is 17.5 Å². The third kappa shape index (κ3) is 4.52. The zero-order valence-electron chi connectivity index (χ0n) is 17.2. The molecule has 2 nitrogen and oxygen atoms in total. The van der Waals surface area contributed by atoms with E-state index in [9.17, 15) is 4.79 Å². The lowest BCUT2D eigenvalue weighted by atomic mass is 9.88. The average molecular weight is 381 g/mol. The zero-order chi connectivity index (χ0) is 19.7. The summed E-state index contributed by atoms with van der Waals surface area (Å²) in [6.07, 6.45) is 1.53. The van der Waals surface area contributed by atoms with Crippen molar-refractivity contribution >= 4 is 14.0 Å². The van der Waals surface area contributed by atoms with Crippen molar-refractivity contribution in [1.29, 1.82) is 0 Å². The van der Waals surface area contributed by atoms with Crippen LogP contribution in [-0.2, 0) is 9.53 Å². The van der Waals surface area contributed by atoms with Crippen LogP contribution in [-0.4, -0.2) is 20.1 Å². The van der Waals surface area contributed by atoms with Gasteiger partial charge in [0.25, 0.3) is 0 Å². The van der Waals surface area contributed by atoms with E-state index in [0.29, 0.717) is 17.5 Å². The number of cyclic esters (lactones) is 1. The van der Waals surface area contributed by atoms with Crippen molar-refractivity contribution in [1.82, 2.24) is 0 Å². The topological polar surface area (TPSA) is 26.3 Å². The lowest BCUT2D eigenvalue weighted by Gasteiger charge is -2.40. The van der Waals surface area contributed by atoms with Crippen molar-refractivity contribution in [2.45, 2.75) is 63.9 Å². The molecular formula is C24H32O2Si. The first kappa shape index (κ1) is 19.9. The Morgan fingerprint density at radius 1 is 0.963 bits per heavy atom. The van der Waals surface area contributed by atoms with E-state index in [4.69, 9.17) is 4.74 Å². The summed E-state index contributed by atoms with van der Waals surface area (Å²) in [5, 5.41) is 0. The predicted octanol–water partition coefficient (Wildman–Crippen LogP) is 6.19. The second kappa shape index (κ2) is 7.63. The molecule has 2 aromatic carbocycles. The van der Waals surface area contributed by atoms with Crippen LogP contribution in [0, 0.1) is 5.41 Å². The van der Waals surface area contributed by atoms with E-state index >= 15 is 0 Å². The number of ether oxygens (including phenoxy) is 1. The first-order chi connectivity index (χ1) is 12.7. The van der Waals surface area contributed by atoms with Crippen LogP contribution in [0.5, 0.6) is 0 Å². The number of carbonyl (C=O) groups is 1. The predicted molar refractivity (Wildman–Crippen MR) is 115 cm³/mol. The molecule has 0 unspecified atom stereocenters. The maximum Gasteiger partial charge on any atom is 0.306 e. The van der Waals surface area contributed by atoms with E-state index in [2.05, 4.69) is 94.5 Å². The van der Waals surface area contributed by atoms with Crippen LogP contribution in [0.15, 0.2) is 60.7 Å². The van der Waals surface area contributed by atoms with Gasteiger partial charge in [0.1, 0.15) is 6.10 Å². The molecule has 0 bridgehead atoms. The summed E-state index contributed by atoms with van der Waals surface area (Å²) >= 11 is 0. The second-order valence-corrected chi connectivity index (χ2v) is 14.6. The highest BCUT2D eigenvalue weighted by Crippen LogP contribution is 2.48. The summed E-state index contributed by atoms with van der Waals surface area (Å²) < 4.78 is 5.85. The van der Waals surface area contributed by atoms with E-state index in [0.717, 1.165) is 6.42 Å². The number of hydrogen-bond donors (Lipinski definition) is 0. The Labute approximate surface area is 165 Å². The van der Waals surface area contributed by atoms with Crippen LogP contribution in [0.3, 0.4) is 0 Å². The fourth-order valence-electron chi connectivity index (χ4n) is 4.70. The standard InChI is InChI=1S/C24H32O2Si/c1-24(2,3)17-20-21(16-22(25)26-20)27(4,5)23(18-12-8-6-9-13-18)19-14-10-7-11-15-19/h6-15,20-21,23H,16-17H2,1-5H3/t20-,21+/m0/s1. The van der Waals surface area contributed by atoms with Gasteiger partial charge in [0, 0.05) is 17.5 Å². The van der Waals surface area contributed by atoms with Crippen LogP contribution in [0.1, 0.15) is 50.3 Å². The SMILES string of the molecule is CC(C)(C)C[C@@H]1OC(=O)C[C@H]1[Si](C)(C)C(c1ccccc1)c1ccccc1. The average Bonchev–Trinajstić information content (AvgIpc) is 2.96. The van der Waals surface area contributed by atoms with Gasteiger partial charge in [-0.3, -0.25) is 4.79 Å². The van der Waals surface area contributed by atoms with Crippen molar-refractivity contribution in [3.8, 4) is 0 Å². The third-order valence-electron chi connectivity index (χ3n) is 5.90.